The van der Waals surface area contributed by atoms with Crippen LogP contribution in [0.2, 0.25) is 0 Å². The van der Waals surface area contributed by atoms with Crippen molar-refractivity contribution in [2.24, 2.45) is 0 Å². The smallest absolute Gasteiger partial charge is 0.240 e. The number of pyridine rings is 1. The summed E-state index contributed by atoms with van der Waals surface area (Å²) in [5.74, 6) is -0.0497. The lowest BCUT2D eigenvalue weighted by Gasteiger charge is -2.07. The number of para-hydroxylation sites is 3. The summed E-state index contributed by atoms with van der Waals surface area (Å²) in [6.45, 7) is 0.713. The summed E-state index contributed by atoms with van der Waals surface area (Å²) in [5, 5.41) is 4.01. The Bertz CT molecular complexity index is 1020. The zero-order valence-corrected chi connectivity index (χ0v) is 13.0. The molecule has 1 amide bonds. The van der Waals surface area contributed by atoms with Crippen LogP contribution in [0.5, 0.6) is 0 Å². The predicted molar refractivity (Wildman–Crippen MR) is 93.3 cm³/mol. The number of aromatic nitrogens is 3. The zero-order chi connectivity index (χ0) is 16.4. The molecule has 118 valence electrons. The van der Waals surface area contributed by atoms with Crippen LogP contribution >= 0.6 is 0 Å². The van der Waals surface area contributed by atoms with Crippen molar-refractivity contribution in [2.45, 2.75) is 13.1 Å². The van der Waals surface area contributed by atoms with Crippen molar-refractivity contribution in [1.82, 2.24) is 19.9 Å². The second-order valence-electron chi connectivity index (χ2n) is 5.67. The van der Waals surface area contributed by atoms with Crippen molar-refractivity contribution < 1.29 is 4.79 Å². The molecule has 0 saturated heterocycles. The van der Waals surface area contributed by atoms with E-state index < -0.39 is 0 Å². The summed E-state index contributed by atoms with van der Waals surface area (Å²) in [5.41, 5.74) is 3.79. The molecule has 0 aliphatic rings. The van der Waals surface area contributed by atoms with Gasteiger partial charge in [0, 0.05) is 18.1 Å². The summed E-state index contributed by atoms with van der Waals surface area (Å²) in [6.07, 6.45) is 3.50. The van der Waals surface area contributed by atoms with Gasteiger partial charge in [-0.3, -0.25) is 9.78 Å². The Morgan fingerprint density at radius 1 is 1.00 bits per heavy atom. The number of hydrogen-bond donors (Lipinski definition) is 1. The average Bonchev–Trinajstić information content (AvgIpc) is 3.03. The van der Waals surface area contributed by atoms with E-state index in [1.165, 1.54) is 0 Å². The Hall–Kier alpha value is -3.21. The topological polar surface area (TPSA) is 59.8 Å². The molecule has 0 atom stereocenters. The van der Waals surface area contributed by atoms with Crippen molar-refractivity contribution >= 4 is 27.8 Å². The fraction of sp³-hybridized carbons (Fsp3) is 0.105. The standard InChI is InChI=1S/C19H16N4O/c24-19(12-23-13-22-17-7-3-4-8-18(17)23)21-11-14-9-15-5-1-2-6-16(15)20-10-14/h1-10,13H,11-12H2,(H,21,24). The van der Waals surface area contributed by atoms with Gasteiger partial charge in [0.25, 0.3) is 0 Å². The molecule has 2 aromatic carbocycles. The highest BCUT2D eigenvalue weighted by atomic mass is 16.1. The number of fused-ring (bicyclic) bond motifs is 2. The van der Waals surface area contributed by atoms with Crippen LogP contribution in [0, 0.1) is 0 Å². The number of imidazole rings is 1. The van der Waals surface area contributed by atoms with Gasteiger partial charge in [-0.25, -0.2) is 4.98 Å². The van der Waals surface area contributed by atoms with E-state index >= 15 is 0 Å². The maximum Gasteiger partial charge on any atom is 0.240 e. The number of benzene rings is 2. The molecule has 0 aliphatic heterocycles. The van der Waals surface area contributed by atoms with Crippen molar-refractivity contribution in [3.8, 4) is 0 Å². The fourth-order valence-corrected chi connectivity index (χ4v) is 2.76. The van der Waals surface area contributed by atoms with Crippen LogP contribution in [-0.4, -0.2) is 20.4 Å². The van der Waals surface area contributed by atoms with Crippen LogP contribution in [-0.2, 0) is 17.9 Å². The predicted octanol–water partition coefficient (Wildman–Crippen LogP) is 2.90. The highest BCUT2D eigenvalue weighted by molar-refractivity contribution is 5.81. The Morgan fingerprint density at radius 3 is 2.71 bits per heavy atom. The summed E-state index contributed by atoms with van der Waals surface area (Å²) < 4.78 is 1.85. The molecule has 1 N–H and O–H groups in total. The van der Waals surface area contributed by atoms with Crippen LogP contribution < -0.4 is 5.32 Å². The van der Waals surface area contributed by atoms with Crippen molar-refractivity contribution in [3.63, 3.8) is 0 Å². The number of rotatable bonds is 4. The van der Waals surface area contributed by atoms with Gasteiger partial charge in [0.2, 0.25) is 5.91 Å². The van der Waals surface area contributed by atoms with Crippen LogP contribution in [0.25, 0.3) is 21.9 Å². The highest BCUT2D eigenvalue weighted by Crippen LogP contribution is 2.13. The van der Waals surface area contributed by atoms with Gasteiger partial charge < -0.3 is 9.88 Å². The number of amides is 1. The van der Waals surface area contributed by atoms with Gasteiger partial charge in [-0.15, -0.1) is 0 Å². The number of nitrogens with zero attached hydrogens (tertiary/aromatic N) is 3. The number of carbonyl (C=O) groups is 1. The van der Waals surface area contributed by atoms with Crippen molar-refractivity contribution in [2.75, 3.05) is 0 Å². The number of hydrogen-bond acceptors (Lipinski definition) is 3. The average molecular weight is 316 g/mol. The molecule has 4 rings (SSSR count). The Balaban J connectivity index is 1.44. The lowest BCUT2D eigenvalue weighted by molar-refractivity contribution is -0.121. The second kappa shape index (κ2) is 6.12. The van der Waals surface area contributed by atoms with E-state index in [1.54, 1.807) is 12.5 Å². The first-order chi connectivity index (χ1) is 11.8. The molecular weight excluding hydrogens is 300 g/mol. The number of nitrogens with one attached hydrogen (secondary N) is 1. The van der Waals surface area contributed by atoms with E-state index in [9.17, 15) is 4.79 Å². The Kier molecular flexibility index (Phi) is 3.67. The molecule has 5 heteroatoms. The van der Waals surface area contributed by atoms with Crippen LogP contribution in [0.3, 0.4) is 0 Å². The SMILES string of the molecule is O=C(Cn1cnc2ccccc21)NCc1cnc2ccccc2c1. The molecule has 0 spiro atoms. The third kappa shape index (κ3) is 2.84. The first kappa shape index (κ1) is 14.4. The molecule has 0 saturated carbocycles. The van der Waals surface area contributed by atoms with Gasteiger partial charge in [-0.1, -0.05) is 30.3 Å². The molecule has 0 bridgehead atoms. The summed E-state index contributed by atoms with van der Waals surface area (Å²) in [4.78, 5) is 20.9. The maximum absolute atomic E-state index is 12.2. The summed E-state index contributed by atoms with van der Waals surface area (Å²) in [6, 6.07) is 17.8. The molecule has 0 aliphatic carbocycles. The lowest BCUT2D eigenvalue weighted by Crippen LogP contribution is -2.26. The monoisotopic (exact) mass is 316 g/mol. The normalized spacial score (nSPS) is 11.0. The first-order valence-electron chi connectivity index (χ1n) is 7.80. The van der Waals surface area contributed by atoms with Crippen molar-refractivity contribution in [1.29, 1.82) is 0 Å². The second-order valence-corrected chi connectivity index (χ2v) is 5.67. The minimum Gasteiger partial charge on any atom is -0.350 e. The molecule has 24 heavy (non-hydrogen) atoms. The number of carbonyl (C=O) groups excluding carboxylic acids is 1. The van der Waals surface area contributed by atoms with Gasteiger partial charge in [-0.2, -0.15) is 0 Å². The largest absolute Gasteiger partial charge is 0.350 e. The third-order valence-corrected chi connectivity index (χ3v) is 3.98. The van der Waals surface area contributed by atoms with Gasteiger partial charge in [0.05, 0.1) is 22.9 Å². The van der Waals surface area contributed by atoms with E-state index in [0.29, 0.717) is 6.54 Å². The van der Waals surface area contributed by atoms with E-state index in [-0.39, 0.29) is 12.5 Å². The summed E-state index contributed by atoms with van der Waals surface area (Å²) in [7, 11) is 0. The third-order valence-electron chi connectivity index (χ3n) is 3.98. The van der Waals surface area contributed by atoms with Crippen LogP contribution in [0.4, 0.5) is 0 Å². The zero-order valence-electron chi connectivity index (χ0n) is 13.0. The Morgan fingerprint density at radius 2 is 1.79 bits per heavy atom. The minimum absolute atomic E-state index is 0.0497. The van der Waals surface area contributed by atoms with E-state index in [1.807, 2.05) is 53.1 Å². The molecule has 0 unspecified atom stereocenters. The van der Waals surface area contributed by atoms with E-state index in [2.05, 4.69) is 21.4 Å². The van der Waals surface area contributed by atoms with Gasteiger partial charge >= 0.3 is 0 Å². The first-order valence-corrected chi connectivity index (χ1v) is 7.80. The molecular formula is C19H16N4O. The quantitative estimate of drug-likeness (QED) is 0.630. The highest BCUT2D eigenvalue weighted by Gasteiger charge is 2.07. The summed E-state index contributed by atoms with van der Waals surface area (Å²) >= 11 is 0. The molecule has 5 nitrogen and oxygen atoms in total. The molecule has 4 aromatic rings. The van der Waals surface area contributed by atoms with Gasteiger partial charge in [0.1, 0.15) is 6.54 Å². The molecule has 2 aromatic heterocycles. The lowest BCUT2D eigenvalue weighted by atomic mass is 10.1. The van der Waals surface area contributed by atoms with Crippen LogP contribution in [0.1, 0.15) is 5.56 Å². The van der Waals surface area contributed by atoms with Gasteiger partial charge in [-0.05, 0) is 29.8 Å². The molecule has 0 fully saturated rings. The van der Waals surface area contributed by atoms with E-state index in [4.69, 9.17) is 0 Å². The molecule has 0 radical (unpaired) electrons. The molecule has 2 heterocycles. The van der Waals surface area contributed by atoms with Crippen molar-refractivity contribution in [3.05, 3.63) is 72.7 Å². The maximum atomic E-state index is 12.2. The van der Waals surface area contributed by atoms with Crippen LogP contribution in [0.15, 0.2) is 67.1 Å². The Labute approximate surface area is 139 Å². The minimum atomic E-state index is -0.0497. The van der Waals surface area contributed by atoms with E-state index in [0.717, 1.165) is 27.5 Å². The fourth-order valence-electron chi connectivity index (χ4n) is 2.76. The van der Waals surface area contributed by atoms with Gasteiger partial charge in [0.15, 0.2) is 0 Å².